The van der Waals surface area contributed by atoms with Crippen molar-refractivity contribution in [3.63, 3.8) is 0 Å². The summed E-state index contributed by atoms with van der Waals surface area (Å²) in [5.74, 6) is 2.18. The zero-order valence-electron chi connectivity index (χ0n) is 11.7. The fourth-order valence-electron chi connectivity index (χ4n) is 2.52. The SMILES string of the molecule is CC1(C)Cc2cccc(Oc3ccccc3CO)c2O1. The second-order valence-corrected chi connectivity index (χ2v) is 5.65. The van der Waals surface area contributed by atoms with Gasteiger partial charge in [-0.2, -0.15) is 0 Å². The Morgan fingerprint density at radius 1 is 1.10 bits per heavy atom. The number of rotatable bonds is 3. The molecular formula is C17H18O3. The van der Waals surface area contributed by atoms with Gasteiger partial charge in [-0.25, -0.2) is 0 Å². The van der Waals surface area contributed by atoms with E-state index >= 15 is 0 Å². The average molecular weight is 270 g/mol. The standard InChI is InChI=1S/C17H18O3/c1-17(2)10-12-7-5-9-15(16(12)20-17)19-14-8-4-3-6-13(14)11-18/h3-9,18H,10-11H2,1-2H3. The lowest BCUT2D eigenvalue weighted by Gasteiger charge is -2.18. The number of aliphatic hydroxyl groups excluding tert-OH is 1. The van der Waals surface area contributed by atoms with Crippen LogP contribution < -0.4 is 9.47 Å². The number of para-hydroxylation sites is 2. The first-order chi connectivity index (χ1) is 9.59. The Labute approximate surface area is 118 Å². The minimum absolute atomic E-state index is 0.0441. The predicted octanol–water partition coefficient (Wildman–Crippen LogP) is 3.68. The number of aliphatic hydroxyl groups is 1. The van der Waals surface area contributed by atoms with Crippen LogP contribution in [0.2, 0.25) is 0 Å². The van der Waals surface area contributed by atoms with Gasteiger partial charge in [0.15, 0.2) is 11.5 Å². The third-order valence-corrected chi connectivity index (χ3v) is 3.42. The Morgan fingerprint density at radius 2 is 1.85 bits per heavy atom. The van der Waals surface area contributed by atoms with Gasteiger partial charge in [0.2, 0.25) is 0 Å². The van der Waals surface area contributed by atoms with E-state index in [0.717, 1.165) is 23.3 Å². The van der Waals surface area contributed by atoms with Crippen molar-refractivity contribution in [2.45, 2.75) is 32.5 Å². The van der Waals surface area contributed by atoms with Crippen LogP contribution in [0.4, 0.5) is 0 Å². The molecule has 3 rings (SSSR count). The van der Waals surface area contributed by atoms with E-state index in [1.807, 2.05) is 36.4 Å². The van der Waals surface area contributed by atoms with Crippen LogP contribution in [0.5, 0.6) is 17.2 Å². The summed E-state index contributed by atoms with van der Waals surface area (Å²) in [6.07, 6.45) is 0.876. The third-order valence-electron chi connectivity index (χ3n) is 3.42. The minimum atomic E-state index is -0.196. The Hall–Kier alpha value is -2.00. The molecule has 0 aliphatic carbocycles. The van der Waals surface area contributed by atoms with Crippen LogP contribution in [0.25, 0.3) is 0 Å². The number of hydrogen-bond acceptors (Lipinski definition) is 3. The predicted molar refractivity (Wildman–Crippen MR) is 77.3 cm³/mol. The van der Waals surface area contributed by atoms with Gasteiger partial charge in [0.05, 0.1) is 6.61 Å². The van der Waals surface area contributed by atoms with Crippen molar-refractivity contribution < 1.29 is 14.6 Å². The van der Waals surface area contributed by atoms with Gasteiger partial charge < -0.3 is 14.6 Å². The maximum atomic E-state index is 9.36. The largest absolute Gasteiger partial charge is 0.483 e. The maximum Gasteiger partial charge on any atom is 0.169 e. The van der Waals surface area contributed by atoms with Gasteiger partial charge in [-0.15, -0.1) is 0 Å². The molecule has 20 heavy (non-hydrogen) atoms. The summed E-state index contributed by atoms with van der Waals surface area (Å²) >= 11 is 0. The summed E-state index contributed by atoms with van der Waals surface area (Å²) in [7, 11) is 0. The second-order valence-electron chi connectivity index (χ2n) is 5.65. The van der Waals surface area contributed by atoms with E-state index in [0.29, 0.717) is 11.5 Å². The molecule has 1 aliphatic heterocycles. The smallest absolute Gasteiger partial charge is 0.169 e. The number of ether oxygens (including phenoxy) is 2. The van der Waals surface area contributed by atoms with E-state index < -0.39 is 0 Å². The molecule has 0 amide bonds. The molecule has 0 fully saturated rings. The Kier molecular flexibility index (Phi) is 3.14. The van der Waals surface area contributed by atoms with Gasteiger partial charge in [-0.1, -0.05) is 30.3 Å². The van der Waals surface area contributed by atoms with Crippen molar-refractivity contribution >= 4 is 0 Å². The molecule has 0 saturated heterocycles. The number of fused-ring (bicyclic) bond motifs is 1. The Morgan fingerprint density at radius 3 is 2.65 bits per heavy atom. The maximum absolute atomic E-state index is 9.36. The van der Waals surface area contributed by atoms with Crippen LogP contribution >= 0.6 is 0 Å². The lowest BCUT2D eigenvalue weighted by Crippen LogP contribution is -2.24. The summed E-state index contributed by atoms with van der Waals surface area (Å²) in [5.41, 5.74) is 1.73. The van der Waals surface area contributed by atoms with E-state index in [9.17, 15) is 5.11 Å². The summed E-state index contributed by atoms with van der Waals surface area (Å²) in [6.45, 7) is 4.09. The van der Waals surface area contributed by atoms with Gasteiger partial charge in [0.25, 0.3) is 0 Å². The van der Waals surface area contributed by atoms with E-state index in [2.05, 4.69) is 19.9 Å². The summed E-state index contributed by atoms with van der Waals surface area (Å²) in [4.78, 5) is 0. The van der Waals surface area contributed by atoms with Gasteiger partial charge in [-0.3, -0.25) is 0 Å². The van der Waals surface area contributed by atoms with Crippen LogP contribution in [0.1, 0.15) is 25.0 Å². The quantitative estimate of drug-likeness (QED) is 0.924. The highest BCUT2D eigenvalue weighted by molar-refractivity contribution is 5.52. The Bertz CT molecular complexity index is 632. The molecule has 1 aliphatic rings. The lowest BCUT2D eigenvalue weighted by molar-refractivity contribution is 0.135. The molecule has 1 N–H and O–H groups in total. The molecule has 2 aromatic carbocycles. The third kappa shape index (κ3) is 2.37. The molecule has 3 heteroatoms. The van der Waals surface area contributed by atoms with E-state index in [4.69, 9.17) is 9.47 Å². The van der Waals surface area contributed by atoms with Crippen LogP contribution in [0, 0.1) is 0 Å². The van der Waals surface area contributed by atoms with Crippen molar-refractivity contribution in [3.8, 4) is 17.2 Å². The van der Waals surface area contributed by atoms with Gasteiger partial charge >= 0.3 is 0 Å². The van der Waals surface area contributed by atoms with Crippen molar-refractivity contribution in [1.82, 2.24) is 0 Å². The molecule has 0 spiro atoms. The highest BCUT2D eigenvalue weighted by atomic mass is 16.5. The molecule has 1 heterocycles. The summed E-state index contributed by atoms with van der Waals surface area (Å²) in [6, 6.07) is 13.4. The van der Waals surface area contributed by atoms with Crippen LogP contribution in [-0.2, 0) is 13.0 Å². The molecular weight excluding hydrogens is 252 g/mol. The van der Waals surface area contributed by atoms with Crippen LogP contribution in [0.15, 0.2) is 42.5 Å². The Balaban J connectivity index is 1.96. The van der Waals surface area contributed by atoms with E-state index in [1.54, 1.807) is 0 Å². The topological polar surface area (TPSA) is 38.7 Å². The molecule has 0 aromatic heterocycles. The first-order valence-corrected chi connectivity index (χ1v) is 6.76. The average Bonchev–Trinajstić information content (AvgIpc) is 2.74. The van der Waals surface area contributed by atoms with Crippen LogP contribution in [-0.4, -0.2) is 10.7 Å². The minimum Gasteiger partial charge on any atom is -0.483 e. The van der Waals surface area contributed by atoms with Crippen molar-refractivity contribution in [2.75, 3.05) is 0 Å². The fraction of sp³-hybridized carbons (Fsp3) is 0.294. The summed E-state index contributed by atoms with van der Waals surface area (Å²) < 4.78 is 11.9. The molecule has 3 nitrogen and oxygen atoms in total. The second kappa shape index (κ2) is 4.84. The first kappa shape index (κ1) is 13.0. The molecule has 0 bridgehead atoms. The zero-order chi connectivity index (χ0) is 14.2. The van der Waals surface area contributed by atoms with E-state index in [1.165, 1.54) is 0 Å². The van der Waals surface area contributed by atoms with Gasteiger partial charge in [0.1, 0.15) is 11.4 Å². The summed E-state index contributed by atoms with van der Waals surface area (Å²) in [5, 5.41) is 9.36. The van der Waals surface area contributed by atoms with Gasteiger partial charge in [0, 0.05) is 17.5 Å². The van der Waals surface area contributed by atoms with Gasteiger partial charge in [-0.05, 0) is 26.0 Å². The van der Waals surface area contributed by atoms with E-state index in [-0.39, 0.29) is 12.2 Å². The molecule has 104 valence electrons. The highest BCUT2D eigenvalue weighted by Crippen LogP contribution is 2.43. The monoisotopic (exact) mass is 270 g/mol. The van der Waals surface area contributed by atoms with Crippen molar-refractivity contribution in [2.24, 2.45) is 0 Å². The molecule has 0 atom stereocenters. The normalized spacial score (nSPS) is 15.6. The highest BCUT2D eigenvalue weighted by Gasteiger charge is 2.32. The fourth-order valence-corrected chi connectivity index (χ4v) is 2.52. The van der Waals surface area contributed by atoms with Crippen molar-refractivity contribution in [3.05, 3.63) is 53.6 Å². The lowest BCUT2D eigenvalue weighted by atomic mass is 10.0. The van der Waals surface area contributed by atoms with Crippen LogP contribution in [0.3, 0.4) is 0 Å². The zero-order valence-corrected chi connectivity index (χ0v) is 11.7. The number of hydrogen-bond donors (Lipinski definition) is 1. The molecule has 0 radical (unpaired) electrons. The number of benzene rings is 2. The van der Waals surface area contributed by atoms with Crippen molar-refractivity contribution in [1.29, 1.82) is 0 Å². The first-order valence-electron chi connectivity index (χ1n) is 6.76. The molecule has 0 unspecified atom stereocenters. The molecule has 0 saturated carbocycles. The molecule has 2 aromatic rings.